The molecule has 0 bridgehead atoms. The largest absolute Gasteiger partial charge is 0.421 e. The quantitative estimate of drug-likeness (QED) is 0.589. The smallest absolute Gasteiger partial charge is 0.376 e. The van der Waals surface area contributed by atoms with Crippen LogP contribution in [0.4, 0.5) is 18.9 Å². The van der Waals surface area contributed by atoms with E-state index in [-0.39, 0.29) is 23.7 Å². The highest BCUT2D eigenvalue weighted by atomic mass is 32.2. The molecule has 2 N–H and O–H groups in total. The summed E-state index contributed by atoms with van der Waals surface area (Å²) in [7, 11) is -3.99. The van der Waals surface area contributed by atoms with Gasteiger partial charge in [-0.25, -0.2) is 0 Å². The van der Waals surface area contributed by atoms with Crippen LogP contribution in [0.3, 0.4) is 0 Å². The second-order valence-corrected chi connectivity index (χ2v) is 9.52. The molecule has 34 heavy (non-hydrogen) atoms. The van der Waals surface area contributed by atoms with Gasteiger partial charge in [-0.1, -0.05) is 18.2 Å². The molecule has 0 radical (unpaired) electrons. The van der Waals surface area contributed by atoms with Crippen molar-refractivity contribution in [2.24, 2.45) is 0 Å². The van der Waals surface area contributed by atoms with Crippen LogP contribution in [0, 0.1) is 0 Å². The molecule has 2 aromatic carbocycles. The third kappa shape index (κ3) is 4.79. The Labute approximate surface area is 194 Å². The number of rotatable bonds is 6. The maximum absolute atomic E-state index is 13.0. The molecular formula is C22H23F3N2O6S. The monoisotopic (exact) mass is 500 g/mol. The van der Waals surface area contributed by atoms with Gasteiger partial charge in [-0.3, -0.25) is 13.8 Å². The highest BCUT2D eigenvalue weighted by Crippen LogP contribution is 2.39. The Bertz CT molecular complexity index is 1210. The van der Waals surface area contributed by atoms with Gasteiger partial charge in [0.05, 0.1) is 11.5 Å². The number of nitrogens with one attached hydrogen (secondary N) is 1. The molecule has 2 atom stereocenters. The summed E-state index contributed by atoms with van der Waals surface area (Å²) < 4.78 is 68.3. The Balaban J connectivity index is 1.88. The van der Waals surface area contributed by atoms with E-state index in [4.69, 9.17) is 4.18 Å². The number of nitrogens with zero attached hydrogens (tertiary/aromatic N) is 1. The lowest BCUT2D eigenvalue weighted by Crippen LogP contribution is -2.39. The molecule has 1 aliphatic heterocycles. The second kappa shape index (κ2) is 9.01. The topological polar surface area (TPSA) is 113 Å². The summed E-state index contributed by atoms with van der Waals surface area (Å²) in [5.41, 5.74) is -2.45. The van der Waals surface area contributed by atoms with Crippen molar-refractivity contribution in [2.75, 3.05) is 11.9 Å². The molecule has 3 rings (SSSR count). The third-order valence-electron chi connectivity index (χ3n) is 5.54. The molecule has 0 spiro atoms. The van der Waals surface area contributed by atoms with Gasteiger partial charge >= 0.3 is 6.18 Å². The highest BCUT2D eigenvalue weighted by molar-refractivity contribution is 7.86. The van der Waals surface area contributed by atoms with Crippen molar-refractivity contribution in [3.8, 4) is 0 Å². The molecule has 2 unspecified atom stereocenters. The first-order valence-corrected chi connectivity index (χ1v) is 11.6. The van der Waals surface area contributed by atoms with Gasteiger partial charge < -0.3 is 15.3 Å². The Kier molecular flexibility index (Phi) is 6.80. The lowest BCUT2D eigenvalue weighted by Gasteiger charge is -2.27. The van der Waals surface area contributed by atoms with E-state index < -0.39 is 45.3 Å². The zero-order valence-electron chi connectivity index (χ0n) is 18.5. The molecule has 2 aromatic rings. The first-order chi connectivity index (χ1) is 15.7. The van der Waals surface area contributed by atoms with Gasteiger partial charge in [0.2, 0.25) is 5.91 Å². The molecule has 1 aliphatic rings. The Morgan fingerprint density at radius 3 is 2.32 bits per heavy atom. The Morgan fingerprint density at radius 2 is 1.79 bits per heavy atom. The van der Waals surface area contributed by atoms with Crippen molar-refractivity contribution >= 4 is 27.6 Å². The van der Waals surface area contributed by atoms with Crippen molar-refractivity contribution in [1.82, 2.24) is 4.90 Å². The number of hydrogen-bond acceptors (Lipinski definition) is 6. The summed E-state index contributed by atoms with van der Waals surface area (Å²) in [5.74, 6) is -1.06. The lowest BCUT2D eigenvalue weighted by molar-refractivity contribution is -0.258. The maximum atomic E-state index is 13.0. The standard InChI is InChI=1S/C22H23F3N2O6S/c1-4-33-34(31,32)17-9-10-18-14(11-17)12-27(13(2)28)19(18)20(29)26-16-7-5-15(6-8-16)21(3,30)22(23,24)25/h5-11,19,30H,4,12H2,1-3H3,(H,26,29). The SMILES string of the molecule is CCOS(=O)(=O)c1ccc2c(c1)CN(C(C)=O)C2C(=O)Nc1ccc(C(C)(O)C(F)(F)F)cc1. The fraction of sp³-hybridized carbons (Fsp3) is 0.364. The second-order valence-electron chi connectivity index (χ2n) is 7.91. The maximum Gasteiger partial charge on any atom is 0.421 e. The molecule has 0 saturated heterocycles. The predicted molar refractivity (Wildman–Crippen MR) is 115 cm³/mol. The van der Waals surface area contributed by atoms with E-state index in [0.717, 1.165) is 12.1 Å². The molecule has 0 aliphatic carbocycles. The first-order valence-electron chi connectivity index (χ1n) is 10.2. The summed E-state index contributed by atoms with van der Waals surface area (Å²) >= 11 is 0. The van der Waals surface area contributed by atoms with Gasteiger partial charge in [-0.05, 0) is 54.8 Å². The van der Waals surface area contributed by atoms with Crippen molar-refractivity contribution in [1.29, 1.82) is 0 Å². The van der Waals surface area contributed by atoms with Crippen LogP contribution < -0.4 is 5.32 Å². The van der Waals surface area contributed by atoms with Crippen LogP contribution in [0.25, 0.3) is 0 Å². The normalized spacial score (nSPS) is 17.7. The van der Waals surface area contributed by atoms with Crippen molar-refractivity contribution < 1.29 is 40.5 Å². The van der Waals surface area contributed by atoms with Crippen LogP contribution in [0.15, 0.2) is 47.4 Å². The van der Waals surface area contributed by atoms with Crippen molar-refractivity contribution in [3.63, 3.8) is 0 Å². The van der Waals surface area contributed by atoms with E-state index >= 15 is 0 Å². The fourth-order valence-corrected chi connectivity index (χ4v) is 4.60. The van der Waals surface area contributed by atoms with Gasteiger partial charge in [0.15, 0.2) is 5.60 Å². The summed E-state index contributed by atoms with van der Waals surface area (Å²) in [6.45, 7) is 3.35. The van der Waals surface area contributed by atoms with Gasteiger partial charge in [-0.2, -0.15) is 21.6 Å². The number of carbonyl (C=O) groups excluding carboxylic acids is 2. The summed E-state index contributed by atoms with van der Waals surface area (Å²) in [6.07, 6.45) is -4.89. The van der Waals surface area contributed by atoms with E-state index in [1.165, 1.54) is 49.1 Å². The third-order valence-corrected chi connectivity index (χ3v) is 6.92. The summed E-state index contributed by atoms with van der Waals surface area (Å²) in [4.78, 5) is 26.4. The first kappa shape index (κ1) is 25.7. The molecule has 0 aromatic heterocycles. The number of benzene rings is 2. The van der Waals surface area contributed by atoms with Crippen LogP contribution >= 0.6 is 0 Å². The Morgan fingerprint density at radius 1 is 1.18 bits per heavy atom. The fourth-order valence-electron chi connectivity index (χ4n) is 3.64. The average molecular weight is 500 g/mol. The zero-order valence-corrected chi connectivity index (χ0v) is 19.3. The van der Waals surface area contributed by atoms with E-state index in [2.05, 4.69) is 5.32 Å². The van der Waals surface area contributed by atoms with E-state index in [1.807, 2.05) is 0 Å². The summed E-state index contributed by atoms with van der Waals surface area (Å²) in [6, 6.07) is 7.48. The van der Waals surface area contributed by atoms with Crippen LogP contribution in [-0.4, -0.2) is 43.0 Å². The number of fused-ring (bicyclic) bond motifs is 1. The van der Waals surface area contributed by atoms with Gasteiger partial charge in [0, 0.05) is 19.2 Å². The molecule has 0 fully saturated rings. The number of anilines is 1. The van der Waals surface area contributed by atoms with Crippen LogP contribution in [-0.2, 0) is 36.0 Å². The Hall–Kier alpha value is -2.96. The molecule has 184 valence electrons. The van der Waals surface area contributed by atoms with Crippen LogP contribution in [0.2, 0.25) is 0 Å². The minimum atomic E-state index is -4.89. The lowest BCUT2D eigenvalue weighted by atomic mass is 9.95. The summed E-state index contributed by atoms with van der Waals surface area (Å²) in [5, 5.41) is 12.3. The van der Waals surface area contributed by atoms with E-state index in [1.54, 1.807) is 0 Å². The average Bonchev–Trinajstić information content (AvgIpc) is 3.12. The van der Waals surface area contributed by atoms with Crippen LogP contribution in [0.1, 0.15) is 43.5 Å². The highest BCUT2D eigenvalue weighted by Gasteiger charge is 2.51. The van der Waals surface area contributed by atoms with E-state index in [9.17, 15) is 36.3 Å². The molecular weight excluding hydrogens is 477 g/mol. The van der Waals surface area contributed by atoms with Gasteiger partial charge in [0.25, 0.3) is 16.0 Å². The number of carbonyl (C=O) groups is 2. The molecule has 1 heterocycles. The number of halogens is 3. The molecule has 8 nitrogen and oxygen atoms in total. The van der Waals surface area contributed by atoms with Crippen molar-refractivity contribution in [2.45, 2.75) is 50.0 Å². The number of aliphatic hydroxyl groups is 1. The number of alkyl halides is 3. The number of hydrogen-bond donors (Lipinski definition) is 2. The van der Waals surface area contributed by atoms with E-state index in [0.29, 0.717) is 18.1 Å². The minimum Gasteiger partial charge on any atom is -0.376 e. The van der Waals surface area contributed by atoms with Gasteiger partial charge in [-0.15, -0.1) is 0 Å². The minimum absolute atomic E-state index is 0.00831. The van der Waals surface area contributed by atoms with Crippen molar-refractivity contribution in [3.05, 3.63) is 59.2 Å². The molecule has 0 saturated carbocycles. The molecule has 12 heteroatoms. The number of amides is 2. The van der Waals surface area contributed by atoms with Crippen LogP contribution in [0.5, 0.6) is 0 Å². The zero-order chi connectivity index (χ0) is 25.5. The molecule has 2 amide bonds. The predicted octanol–water partition coefficient (Wildman–Crippen LogP) is 3.22. The van der Waals surface area contributed by atoms with Gasteiger partial charge in [0.1, 0.15) is 6.04 Å².